The third-order valence-corrected chi connectivity index (χ3v) is 4.46. The van der Waals surface area contributed by atoms with Crippen LogP contribution in [0.15, 0.2) is 30.6 Å². The lowest BCUT2D eigenvalue weighted by molar-refractivity contribution is -0.123. The molecule has 150 valence electrons. The average Bonchev–Trinajstić information content (AvgIpc) is 3.12. The Kier molecular flexibility index (Phi) is 6.15. The number of carbonyl (C=O) groups is 2. The molecule has 1 aromatic heterocycles. The van der Waals surface area contributed by atoms with Crippen molar-refractivity contribution in [2.45, 2.75) is 39.0 Å². The van der Waals surface area contributed by atoms with Crippen LogP contribution < -0.4 is 20.7 Å². The molecule has 9 nitrogen and oxygen atoms in total. The Morgan fingerprint density at radius 2 is 2.29 bits per heavy atom. The third kappa shape index (κ3) is 4.61. The third-order valence-electron chi connectivity index (χ3n) is 4.46. The van der Waals surface area contributed by atoms with E-state index < -0.39 is 6.10 Å². The minimum Gasteiger partial charge on any atom is -0.478 e. The predicted molar refractivity (Wildman–Crippen MR) is 104 cm³/mol. The maximum atomic E-state index is 12.3. The van der Waals surface area contributed by atoms with Crippen LogP contribution in [0.25, 0.3) is 0 Å². The number of fused-ring (bicyclic) bond motifs is 1. The van der Waals surface area contributed by atoms with Crippen molar-refractivity contribution >= 4 is 23.3 Å². The fourth-order valence-corrected chi connectivity index (χ4v) is 2.88. The van der Waals surface area contributed by atoms with Gasteiger partial charge in [0, 0.05) is 13.3 Å². The molecule has 9 heteroatoms. The summed E-state index contributed by atoms with van der Waals surface area (Å²) in [7, 11) is 1.62. The molecule has 0 spiro atoms. The number of ether oxygens (including phenoxy) is 2. The fourth-order valence-electron chi connectivity index (χ4n) is 2.88. The van der Waals surface area contributed by atoms with Crippen LogP contribution in [0.5, 0.6) is 5.75 Å². The molecule has 1 aliphatic rings. The Hall–Kier alpha value is -3.07. The van der Waals surface area contributed by atoms with Gasteiger partial charge in [0.2, 0.25) is 0 Å². The smallest absolute Gasteiger partial charge is 0.319 e. The molecule has 0 fully saturated rings. The van der Waals surface area contributed by atoms with Crippen LogP contribution in [0.4, 0.5) is 16.2 Å². The van der Waals surface area contributed by atoms with E-state index in [0.717, 1.165) is 5.56 Å². The van der Waals surface area contributed by atoms with Gasteiger partial charge in [-0.05, 0) is 31.0 Å². The number of nitrogens with zero attached hydrogens (tertiary/aromatic N) is 2. The molecule has 0 saturated carbocycles. The molecule has 0 aliphatic carbocycles. The molecule has 2 unspecified atom stereocenters. The zero-order chi connectivity index (χ0) is 20.1. The Bertz CT molecular complexity index is 851. The van der Waals surface area contributed by atoms with Crippen LogP contribution in [-0.4, -0.2) is 41.5 Å². The van der Waals surface area contributed by atoms with Gasteiger partial charge in [-0.2, -0.15) is 5.10 Å². The minimum atomic E-state index is -0.496. The van der Waals surface area contributed by atoms with Crippen LogP contribution in [0.3, 0.4) is 0 Å². The van der Waals surface area contributed by atoms with E-state index in [4.69, 9.17) is 9.47 Å². The first-order chi connectivity index (χ1) is 13.5. The molecule has 2 heterocycles. The molecule has 3 amide bonds. The molecule has 0 radical (unpaired) electrons. The predicted octanol–water partition coefficient (Wildman–Crippen LogP) is 2.52. The van der Waals surface area contributed by atoms with Crippen molar-refractivity contribution < 1.29 is 19.1 Å². The fraction of sp³-hybridized carbons (Fsp3) is 0.421. The summed E-state index contributed by atoms with van der Waals surface area (Å²) in [4.78, 5) is 24.1. The Morgan fingerprint density at radius 3 is 3.04 bits per heavy atom. The van der Waals surface area contributed by atoms with Crippen molar-refractivity contribution in [2.75, 3.05) is 24.4 Å². The molecular formula is C19H25N5O4. The largest absolute Gasteiger partial charge is 0.478 e. The lowest BCUT2D eigenvalue weighted by Crippen LogP contribution is -2.36. The molecule has 1 aliphatic heterocycles. The standard InChI is InChI=1S/C19H25N5O4/c1-4-16-18(25)23-15-6-5-13(9-17(15)28-16)12(2)21-19(26)22-14-10-20-24(11-14)7-8-27-3/h5-6,9-12,16H,4,7-8H2,1-3H3,(H,23,25)(H2,21,22,26). The molecule has 0 bridgehead atoms. The maximum absolute atomic E-state index is 12.3. The Labute approximate surface area is 163 Å². The summed E-state index contributed by atoms with van der Waals surface area (Å²) in [5.41, 5.74) is 2.11. The van der Waals surface area contributed by atoms with Gasteiger partial charge in [0.05, 0.1) is 36.8 Å². The van der Waals surface area contributed by atoms with Gasteiger partial charge in [0.15, 0.2) is 6.10 Å². The van der Waals surface area contributed by atoms with Crippen molar-refractivity contribution in [3.63, 3.8) is 0 Å². The van der Waals surface area contributed by atoms with Crippen LogP contribution in [0.1, 0.15) is 31.9 Å². The van der Waals surface area contributed by atoms with Gasteiger partial charge in [-0.25, -0.2) is 4.79 Å². The number of hydrogen-bond donors (Lipinski definition) is 3. The molecule has 28 heavy (non-hydrogen) atoms. The highest BCUT2D eigenvalue weighted by atomic mass is 16.5. The molecule has 0 saturated heterocycles. The molecule has 2 aromatic rings. The zero-order valence-electron chi connectivity index (χ0n) is 16.2. The van der Waals surface area contributed by atoms with Gasteiger partial charge in [-0.1, -0.05) is 13.0 Å². The second-order valence-corrected chi connectivity index (χ2v) is 6.56. The quantitative estimate of drug-likeness (QED) is 0.677. The van der Waals surface area contributed by atoms with Crippen molar-refractivity contribution in [1.29, 1.82) is 0 Å². The molecule has 1 aromatic carbocycles. The topological polar surface area (TPSA) is 107 Å². The summed E-state index contributed by atoms with van der Waals surface area (Å²) >= 11 is 0. The Balaban J connectivity index is 1.60. The number of benzene rings is 1. The van der Waals surface area contributed by atoms with E-state index in [9.17, 15) is 9.59 Å². The lowest BCUT2D eigenvalue weighted by Gasteiger charge is -2.26. The number of urea groups is 1. The van der Waals surface area contributed by atoms with Crippen molar-refractivity contribution in [1.82, 2.24) is 15.1 Å². The van der Waals surface area contributed by atoms with Crippen molar-refractivity contribution in [3.8, 4) is 5.75 Å². The van der Waals surface area contributed by atoms with E-state index in [1.54, 1.807) is 30.3 Å². The summed E-state index contributed by atoms with van der Waals surface area (Å²) in [5, 5.41) is 12.6. The number of methoxy groups -OCH3 is 1. The van der Waals surface area contributed by atoms with Gasteiger partial charge in [0.25, 0.3) is 5.91 Å². The van der Waals surface area contributed by atoms with E-state index in [0.29, 0.717) is 36.7 Å². The van der Waals surface area contributed by atoms with Crippen molar-refractivity contribution in [2.24, 2.45) is 0 Å². The number of hydrogen-bond acceptors (Lipinski definition) is 5. The normalized spacial score (nSPS) is 16.5. The number of aromatic nitrogens is 2. The highest BCUT2D eigenvalue weighted by Gasteiger charge is 2.26. The maximum Gasteiger partial charge on any atom is 0.319 e. The van der Waals surface area contributed by atoms with Crippen LogP contribution in [0.2, 0.25) is 0 Å². The highest BCUT2D eigenvalue weighted by molar-refractivity contribution is 5.97. The summed E-state index contributed by atoms with van der Waals surface area (Å²) in [6.45, 7) is 4.93. The number of rotatable bonds is 7. The van der Waals surface area contributed by atoms with Gasteiger partial charge < -0.3 is 25.4 Å². The van der Waals surface area contributed by atoms with Gasteiger partial charge >= 0.3 is 6.03 Å². The van der Waals surface area contributed by atoms with Gasteiger partial charge in [-0.15, -0.1) is 0 Å². The summed E-state index contributed by atoms with van der Waals surface area (Å²) in [5.74, 6) is 0.469. The number of amides is 3. The van der Waals surface area contributed by atoms with E-state index in [-0.39, 0.29) is 18.0 Å². The SMILES string of the molecule is CCC1Oc2cc(C(C)NC(=O)Nc3cnn(CCOC)c3)ccc2NC1=O. The minimum absolute atomic E-state index is 0.139. The molecular weight excluding hydrogens is 362 g/mol. The first-order valence-corrected chi connectivity index (χ1v) is 9.20. The molecule has 3 rings (SSSR count). The Morgan fingerprint density at radius 1 is 1.46 bits per heavy atom. The first-order valence-electron chi connectivity index (χ1n) is 9.20. The summed E-state index contributed by atoms with van der Waals surface area (Å²) < 4.78 is 12.5. The van der Waals surface area contributed by atoms with Gasteiger partial charge in [0.1, 0.15) is 5.75 Å². The second-order valence-electron chi connectivity index (χ2n) is 6.56. The number of carbonyl (C=O) groups excluding carboxylic acids is 2. The summed E-state index contributed by atoms with van der Waals surface area (Å²) in [6, 6.07) is 4.88. The highest BCUT2D eigenvalue weighted by Crippen LogP contribution is 2.33. The van der Waals surface area contributed by atoms with E-state index in [1.165, 1.54) is 0 Å². The number of nitrogens with one attached hydrogen (secondary N) is 3. The van der Waals surface area contributed by atoms with Crippen LogP contribution >= 0.6 is 0 Å². The summed E-state index contributed by atoms with van der Waals surface area (Å²) in [6.07, 6.45) is 3.41. The molecule has 2 atom stereocenters. The molecule has 3 N–H and O–H groups in total. The second kappa shape index (κ2) is 8.75. The average molecular weight is 387 g/mol. The van der Waals surface area contributed by atoms with E-state index >= 15 is 0 Å². The zero-order valence-corrected chi connectivity index (χ0v) is 16.2. The van der Waals surface area contributed by atoms with Gasteiger partial charge in [-0.3, -0.25) is 9.48 Å². The van der Waals surface area contributed by atoms with Crippen LogP contribution in [0, 0.1) is 0 Å². The first kappa shape index (κ1) is 19.7. The van der Waals surface area contributed by atoms with E-state index in [2.05, 4.69) is 21.0 Å². The number of anilines is 2. The van der Waals surface area contributed by atoms with Crippen molar-refractivity contribution in [3.05, 3.63) is 36.2 Å². The van der Waals surface area contributed by atoms with Crippen LogP contribution in [-0.2, 0) is 16.1 Å². The monoisotopic (exact) mass is 387 g/mol. The van der Waals surface area contributed by atoms with E-state index in [1.807, 2.05) is 26.0 Å². The lowest BCUT2D eigenvalue weighted by atomic mass is 10.1.